The standard InChI is InChI=1S/C22H21F6N3O6/c1-33-18-14(34-9-10-36-22(26,27)28)6-5-13(29-18)19(32)31-8-7-20(17(11-31)35-12-37-20)15-3-2-4-16(30-15)21(23,24)25/h2-6,17H,7-12H2,1H3. The van der Waals surface area contributed by atoms with Crippen molar-refractivity contribution in [3.05, 3.63) is 47.4 Å². The average Bonchev–Trinajstić information content (AvgIpc) is 3.29. The van der Waals surface area contributed by atoms with Crippen molar-refractivity contribution in [1.29, 1.82) is 0 Å². The number of methoxy groups -OCH3 is 1. The molecule has 2 saturated heterocycles. The monoisotopic (exact) mass is 537 g/mol. The van der Waals surface area contributed by atoms with E-state index in [0.717, 1.165) is 6.07 Å². The van der Waals surface area contributed by atoms with E-state index in [4.69, 9.17) is 18.9 Å². The van der Waals surface area contributed by atoms with Crippen molar-refractivity contribution < 1.29 is 54.8 Å². The van der Waals surface area contributed by atoms with Gasteiger partial charge in [0.25, 0.3) is 11.8 Å². The molecule has 15 heteroatoms. The molecule has 0 N–H and O–H groups in total. The zero-order valence-corrected chi connectivity index (χ0v) is 19.3. The number of aromatic nitrogens is 2. The molecule has 1 amide bonds. The number of rotatable bonds is 7. The van der Waals surface area contributed by atoms with Gasteiger partial charge in [-0.2, -0.15) is 13.2 Å². The number of hydrogen-bond acceptors (Lipinski definition) is 8. The van der Waals surface area contributed by atoms with E-state index < -0.39 is 49.1 Å². The van der Waals surface area contributed by atoms with Gasteiger partial charge < -0.3 is 23.8 Å². The summed E-state index contributed by atoms with van der Waals surface area (Å²) in [6.45, 7) is -1.28. The van der Waals surface area contributed by atoms with Crippen molar-refractivity contribution in [2.75, 3.05) is 40.2 Å². The topological polar surface area (TPSA) is 92.2 Å². The van der Waals surface area contributed by atoms with Crippen LogP contribution in [0.25, 0.3) is 0 Å². The minimum atomic E-state index is -4.79. The maximum atomic E-state index is 13.2. The third-order valence-corrected chi connectivity index (χ3v) is 5.85. The van der Waals surface area contributed by atoms with Crippen LogP contribution in [0.5, 0.6) is 11.6 Å². The predicted molar refractivity (Wildman–Crippen MR) is 111 cm³/mol. The van der Waals surface area contributed by atoms with Gasteiger partial charge in [0.05, 0.1) is 26.0 Å². The maximum absolute atomic E-state index is 13.2. The number of fused-ring (bicyclic) bond motifs is 1. The number of pyridine rings is 2. The Hall–Kier alpha value is -3.17. The molecule has 2 aliphatic rings. The molecule has 0 radical (unpaired) electrons. The van der Waals surface area contributed by atoms with E-state index in [9.17, 15) is 31.1 Å². The van der Waals surface area contributed by atoms with Crippen molar-refractivity contribution in [1.82, 2.24) is 14.9 Å². The second kappa shape index (κ2) is 10.3. The number of carbonyl (C=O) groups excluding carboxylic acids is 1. The molecular weight excluding hydrogens is 516 g/mol. The molecular formula is C22H21F6N3O6. The Kier molecular flexibility index (Phi) is 7.48. The summed E-state index contributed by atoms with van der Waals surface area (Å²) in [5.74, 6) is -0.644. The van der Waals surface area contributed by atoms with E-state index in [1.165, 1.54) is 36.3 Å². The predicted octanol–water partition coefficient (Wildman–Crippen LogP) is 3.53. The molecule has 0 bridgehead atoms. The molecule has 0 spiro atoms. The second-order valence-electron chi connectivity index (χ2n) is 8.06. The molecule has 0 saturated carbocycles. The minimum Gasteiger partial charge on any atom is -0.486 e. The largest absolute Gasteiger partial charge is 0.522 e. The van der Waals surface area contributed by atoms with Crippen LogP contribution >= 0.6 is 0 Å². The number of ether oxygens (including phenoxy) is 5. The summed E-state index contributed by atoms with van der Waals surface area (Å²) in [5.41, 5.74) is -2.29. The Bertz CT molecular complexity index is 1130. The van der Waals surface area contributed by atoms with Crippen LogP contribution in [0.4, 0.5) is 26.3 Å². The summed E-state index contributed by atoms with van der Waals surface area (Å²) in [6, 6.07) is 6.17. The summed E-state index contributed by atoms with van der Waals surface area (Å²) < 4.78 is 101. The Balaban J connectivity index is 1.46. The lowest BCUT2D eigenvalue weighted by Gasteiger charge is -2.41. The lowest BCUT2D eigenvalue weighted by Crippen LogP contribution is -2.54. The number of halogens is 6. The number of carbonyl (C=O) groups is 1. The second-order valence-corrected chi connectivity index (χ2v) is 8.06. The first-order chi connectivity index (χ1) is 17.4. The highest BCUT2D eigenvalue weighted by molar-refractivity contribution is 5.92. The van der Waals surface area contributed by atoms with Crippen molar-refractivity contribution in [3.8, 4) is 11.6 Å². The fraction of sp³-hybridized carbons (Fsp3) is 0.500. The number of likely N-dealkylation sites (tertiary alicyclic amines) is 1. The molecule has 2 aliphatic heterocycles. The molecule has 2 unspecified atom stereocenters. The Morgan fingerprint density at radius 2 is 1.92 bits per heavy atom. The molecule has 4 rings (SSSR count). The van der Waals surface area contributed by atoms with Gasteiger partial charge in [-0.3, -0.25) is 9.53 Å². The van der Waals surface area contributed by atoms with E-state index in [1.807, 2.05) is 0 Å². The first kappa shape index (κ1) is 26.9. The first-order valence-corrected chi connectivity index (χ1v) is 10.9. The van der Waals surface area contributed by atoms with Crippen LogP contribution in [0.1, 0.15) is 28.3 Å². The molecule has 0 aromatic carbocycles. The van der Waals surface area contributed by atoms with Crippen molar-refractivity contribution in [2.45, 2.75) is 30.7 Å². The molecule has 0 aliphatic carbocycles. The molecule has 9 nitrogen and oxygen atoms in total. The molecule has 2 aromatic rings. The normalized spacial score (nSPS) is 22.0. The van der Waals surface area contributed by atoms with E-state index in [-0.39, 0.29) is 49.3 Å². The Labute approximate surface area is 206 Å². The van der Waals surface area contributed by atoms with E-state index in [0.29, 0.717) is 0 Å². The van der Waals surface area contributed by atoms with Gasteiger partial charge in [-0.25, -0.2) is 9.97 Å². The summed E-state index contributed by atoms with van der Waals surface area (Å²) in [6.07, 6.45) is -10.1. The molecule has 2 fully saturated rings. The summed E-state index contributed by atoms with van der Waals surface area (Å²) in [4.78, 5) is 22.4. The van der Waals surface area contributed by atoms with E-state index >= 15 is 0 Å². The third kappa shape index (κ3) is 5.88. The zero-order chi connectivity index (χ0) is 26.8. The van der Waals surface area contributed by atoms with Gasteiger partial charge in [0.1, 0.15) is 36.5 Å². The first-order valence-electron chi connectivity index (χ1n) is 10.9. The van der Waals surface area contributed by atoms with Crippen molar-refractivity contribution in [2.24, 2.45) is 0 Å². The van der Waals surface area contributed by atoms with E-state index in [2.05, 4.69) is 14.7 Å². The van der Waals surface area contributed by atoms with Crippen LogP contribution < -0.4 is 9.47 Å². The number of alkyl halides is 6. The summed E-state index contributed by atoms with van der Waals surface area (Å²) in [7, 11) is 1.25. The lowest BCUT2D eigenvalue weighted by molar-refractivity contribution is -0.325. The van der Waals surface area contributed by atoms with Crippen LogP contribution in [0, 0.1) is 0 Å². The van der Waals surface area contributed by atoms with Crippen LogP contribution in [0.3, 0.4) is 0 Å². The van der Waals surface area contributed by atoms with Gasteiger partial charge in [-0.05, 0) is 24.3 Å². The highest BCUT2D eigenvalue weighted by Crippen LogP contribution is 2.43. The maximum Gasteiger partial charge on any atom is 0.522 e. The Morgan fingerprint density at radius 3 is 2.62 bits per heavy atom. The number of amides is 1. The average molecular weight is 537 g/mol. The fourth-order valence-corrected chi connectivity index (χ4v) is 4.13. The third-order valence-electron chi connectivity index (χ3n) is 5.85. The van der Waals surface area contributed by atoms with Crippen LogP contribution in [0.2, 0.25) is 0 Å². The lowest BCUT2D eigenvalue weighted by atomic mass is 9.85. The van der Waals surface area contributed by atoms with Gasteiger partial charge in [0.2, 0.25) is 0 Å². The molecule has 202 valence electrons. The molecule has 4 heterocycles. The van der Waals surface area contributed by atoms with Gasteiger partial charge in [0.15, 0.2) is 5.75 Å². The molecule has 37 heavy (non-hydrogen) atoms. The zero-order valence-electron chi connectivity index (χ0n) is 19.3. The summed E-state index contributed by atoms with van der Waals surface area (Å²) >= 11 is 0. The Morgan fingerprint density at radius 1 is 1.14 bits per heavy atom. The van der Waals surface area contributed by atoms with Crippen molar-refractivity contribution >= 4 is 5.91 Å². The highest BCUT2D eigenvalue weighted by atomic mass is 19.4. The highest BCUT2D eigenvalue weighted by Gasteiger charge is 2.53. The smallest absolute Gasteiger partial charge is 0.486 e. The quantitative estimate of drug-likeness (QED) is 0.392. The SMILES string of the molecule is COc1nc(C(=O)N2CCC3(c4cccc(C(F)(F)F)n4)OCOC3C2)ccc1OCCOC(F)(F)F. The van der Waals surface area contributed by atoms with Gasteiger partial charge in [-0.1, -0.05) is 6.07 Å². The molecule has 2 aromatic heterocycles. The molecule has 2 atom stereocenters. The van der Waals surface area contributed by atoms with Crippen LogP contribution in [-0.4, -0.2) is 73.4 Å². The number of nitrogens with zero attached hydrogens (tertiary/aromatic N) is 3. The van der Waals surface area contributed by atoms with Crippen LogP contribution in [0.15, 0.2) is 30.3 Å². The number of hydrogen-bond donors (Lipinski definition) is 0. The van der Waals surface area contributed by atoms with Gasteiger partial charge in [-0.15, -0.1) is 13.2 Å². The van der Waals surface area contributed by atoms with Gasteiger partial charge in [0, 0.05) is 13.0 Å². The van der Waals surface area contributed by atoms with Crippen LogP contribution in [-0.2, 0) is 26.0 Å². The summed E-state index contributed by atoms with van der Waals surface area (Å²) in [5, 5.41) is 0. The minimum absolute atomic E-state index is 0.00522. The fourth-order valence-electron chi connectivity index (χ4n) is 4.13. The number of piperidine rings is 1. The van der Waals surface area contributed by atoms with E-state index in [1.54, 1.807) is 0 Å². The van der Waals surface area contributed by atoms with Gasteiger partial charge >= 0.3 is 12.5 Å². The van der Waals surface area contributed by atoms with Crippen molar-refractivity contribution in [3.63, 3.8) is 0 Å².